The summed E-state index contributed by atoms with van der Waals surface area (Å²) in [5.41, 5.74) is 4.95. The Morgan fingerprint density at radius 3 is 2.31 bits per heavy atom. The van der Waals surface area contributed by atoms with E-state index < -0.39 is 10.0 Å². The lowest BCUT2D eigenvalue weighted by molar-refractivity contribution is 0.0939. The molecule has 2 aromatic carbocycles. The topological polar surface area (TPSA) is 66.5 Å². The Balaban J connectivity index is 1.53. The standard InChI is InChI=1S/C26H34N2O3S/c1-19-11-12-24(18-25(19)32(30,31)28-15-7-3-4-8-16-28)26(29)27-20(2)22-14-13-21-9-5-6-10-23(21)17-22/h11-14,17-18,20H,3-10,15-16H2,1-2H3,(H,27,29)/t20-/m0/s1. The number of rotatable bonds is 5. The second-order valence-corrected chi connectivity index (χ2v) is 11.1. The van der Waals surface area contributed by atoms with Gasteiger partial charge in [-0.2, -0.15) is 4.31 Å². The Labute approximate surface area is 192 Å². The predicted molar refractivity (Wildman–Crippen MR) is 127 cm³/mol. The molecule has 0 bridgehead atoms. The van der Waals surface area contributed by atoms with E-state index in [4.69, 9.17) is 0 Å². The zero-order valence-electron chi connectivity index (χ0n) is 19.2. The molecule has 0 aromatic heterocycles. The largest absolute Gasteiger partial charge is 0.346 e. The molecule has 4 rings (SSSR count). The van der Waals surface area contributed by atoms with E-state index in [0.717, 1.165) is 44.1 Å². The quantitative estimate of drug-likeness (QED) is 0.697. The lowest BCUT2D eigenvalue weighted by atomic mass is 9.89. The van der Waals surface area contributed by atoms with Gasteiger partial charge < -0.3 is 5.32 Å². The van der Waals surface area contributed by atoms with E-state index in [0.29, 0.717) is 24.2 Å². The van der Waals surface area contributed by atoms with Crippen molar-refractivity contribution >= 4 is 15.9 Å². The number of carbonyl (C=O) groups excluding carboxylic acids is 1. The Bertz CT molecular complexity index is 1090. The molecule has 1 saturated heterocycles. The zero-order chi connectivity index (χ0) is 22.7. The van der Waals surface area contributed by atoms with Crippen molar-refractivity contribution in [2.45, 2.75) is 76.2 Å². The third-order valence-corrected chi connectivity index (χ3v) is 8.89. The maximum absolute atomic E-state index is 13.3. The molecule has 0 radical (unpaired) electrons. The monoisotopic (exact) mass is 454 g/mol. The minimum absolute atomic E-state index is 0.151. The van der Waals surface area contributed by atoms with Crippen molar-refractivity contribution < 1.29 is 13.2 Å². The van der Waals surface area contributed by atoms with Crippen molar-refractivity contribution in [1.29, 1.82) is 0 Å². The van der Waals surface area contributed by atoms with Crippen molar-refractivity contribution in [2.24, 2.45) is 0 Å². The van der Waals surface area contributed by atoms with Gasteiger partial charge >= 0.3 is 0 Å². The van der Waals surface area contributed by atoms with Crippen molar-refractivity contribution in [3.05, 3.63) is 64.2 Å². The molecule has 1 heterocycles. The fourth-order valence-corrected chi connectivity index (χ4v) is 6.59. The highest BCUT2D eigenvalue weighted by atomic mass is 32.2. The van der Waals surface area contributed by atoms with Crippen LogP contribution >= 0.6 is 0 Å². The van der Waals surface area contributed by atoms with Crippen LogP contribution in [0.3, 0.4) is 0 Å². The maximum atomic E-state index is 13.3. The lowest BCUT2D eigenvalue weighted by Crippen LogP contribution is -2.33. The number of sulfonamides is 1. The average molecular weight is 455 g/mol. The van der Waals surface area contributed by atoms with E-state index in [2.05, 4.69) is 23.5 Å². The molecule has 2 aliphatic rings. The fourth-order valence-electron chi connectivity index (χ4n) is 4.83. The molecule has 0 spiro atoms. The number of nitrogens with one attached hydrogen (secondary N) is 1. The van der Waals surface area contributed by atoms with E-state index in [1.54, 1.807) is 29.4 Å². The molecular weight excluding hydrogens is 420 g/mol. The highest BCUT2D eigenvalue weighted by Crippen LogP contribution is 2.26. The molecule has 0 saturated carbocycles. The number of hydrogen-bond donors (Lipinski definition) is 1. The van der Waals surface area contributed by atoms with Crippen molar-refractivity contribution in [1.82, 2.24) is 9.62 Å². The molecule has 172 valence electrons. The summed E-state index contributed by atoms with van der Waals surface area (Å²) in [6.45, 7) is 4.87. The zero-order valence-corrected chi connectivity index (χ0v) is 20.0. The third-order valence-electron chi connectivity index (χ3n) is 6.85. The molecule has 2 aromatic rings. The summed E-state index contributed by atoms with van der Waals surface area (Å²) in [5, 5.41) is 3.06. The first kappa shape index (κ1) is 23.0. The number of nitrogens with zero attached hydrogens (tertiary/aromatic N) is 1. The summed E-state index contributed by atoms with van der Waals surface area (Å²) in [6, 6.07) is 11.3. The highest BCUT2D eigenvalue weighted by molar-refractivity contribution is 7.89. The van der Waals surface area contributed by atoms with Gasteiger partial charge in [0, 0.05) is 18.7 Å². The number of hydrogen-bond acceptors (Lipinski definition) is 3. The Morgan fingerprint density at radius 1 is 0.906 bits per heavy atom. The SMILES string of the molecule is Cc1ccc(C(=O)N[C@@H](C)c2ccc3c(c2)CCCC3)cc1S(=O)(=O)N1CCCCCC1. The summed E-state index contributed by atoms with van der Waals surface area (Å²) in [7, 11) is -3.61. The van der Waals surface area contributed by atoms with E-state index in [9.17, 15) is 13.2 Å². The van der Waals surface area contributed by atoms with Gasteiger partial charge in [-0.05, 0) is 86.8 Å². The van der Waals surface area contributed by atoms with Crippen LogP contribution in [0.1, 0.15) is 84.1 Å². The second kappa shape index (κ2) is 9.75. The van der Waals surface area contributed by atoms with Crippen LogP contribution < -0.4 is 5.32 Å². The second-order valence-electron chi connectivity index (χ2n) is 9.23. The molecule has 1 atom stereocenters. The van der Waals surface area contributed by atoms with Crippen LogP contribution in [0, 0.1) is 6.92 Å². The van der Waals surface area contributed by atoms with Crippen LogP contribution in [0.25, 0.3) is 0 Å². The first-order valence-corrected chi connectivity index (χ1v) is 13.3. The predicted octanol–water partition coefficient (Wildman–Crippen LogP) is 4.93. The van der Waals surface area contributed by atoms with Gasteiger partial charge in [-0.25, -0.2) is 8.42 Å². The minimum Gasteiger partial charge on any atom is -0.346 e. The molecule has 1 N–H and O–H groups in total. The van der Waals surface area contributed by atoms with E-state index >= 15 is 0 Å². The normalized spacial score (nSPS) is 18.4. The molecule has 1 amide bonds. The van der Waals surface area contributed by atoms with Crippen LogP contribution in [0.5, 0.6) is 0 Å². The summed E-state index contributed by atoms with van der Waals surface area (Å²) in [6.07, 6.45) is 8.59. The van der Waals surface area contributed by atoms with Gasteiger partial charge in [-0.1, -0.05) is 37.1 Å². The molecule has 1 fully saturated rings. The number of carbonyl (C=O) groups is 1. The van der Waals surface area contributed by atoms with Gasteiger partial charge in [-0.3, -0.25) is 4.79 Å². The van der Waals surface area contributed by atoms with Crippen LogP contribution in [-0.2, 0) is 22.9 Å². The molecule has 1 aliphatic carbocycles. The van der Waals surface area contributed by atoms with Crippen LogP contribution in [-0.4, -0.2) is 31.7 Å². The molecule has 5 nitrogen and oxygen atoms in total. The fraction of sp³-hybridized carbons (Fsp3) is 0.500. The smallest absolute Gasteiger partial charge is 0.251 e. The molecule has 32 heavy (non-hydrogen) atoms. The Kier molecular flexibility index (Phi) is 7.01. The van der Waals surface area contributed by atoms with Crippen LogP contribution in [0.4, 0.5) is 0 Å². The van der Waals surface area contributed by atoms with Gasteiger partial charge in [0.25, 0.3) is 5.91 Å². The van der Waals surface area contributed by atoms with Gasteiger partial charge in [-0.15, -0.1) is 0 Å². The number of amides is 1. The summed E-state index contributed by atoms with van der Waals surface area (Å²) in [4.78, 5) is 13.3. The van der Waals surface area contributed by atoms with Crippen molar-refractivity contribution in [3.8, 4) is 0 Å². The number of fused-ring (bicyclic) bond motifs is 1. The van der Waals surface area contributed by atoms with E-state index in [1.165, 1.54) is 24.0 Å². The van der Waals surface area contributed by atoms with E-state index in [-0.39, 0.29) is 16.8 Å². The number of aryl methyl sites for hydroxylation is 3. The maximum Gasteiger partial charge on any atom is 0.251 e. The Morgan fingerprint density at radius 2 is 1.59 bits per heavy atom. The Hall–Kier alpha value is -2.18. The summed E-state index contributed by atoms with van der Waals surface area (Å²) in [5.74, 6) is -0.248. The highest BCUT2D eigenvalue weighted by Gasteiger charge is 2.27. The first-order chi connectivity index (χ1) is 15.4. The van der Waals surface area contributed by atoms with E-state index in [1.807, 2.05) is 6.92 Å². The lowest BCUT2D eigenvalue weighted by Gasteiger charge is -2.22. The van der Waals surface area contributed by atoms with Crippen molar-refractivity contribution in [3.63, 3.8) is 0 Å². The van der Waals surface area contributed by atoms with Gasteiger partial charge in [0.15, 0.2) is 0 Å². The van der Waals surface area contributed by atoms with Crippen LogP contribution in [0.15, 0.2) is 41.3 Å². The first-order valence-electron chi connectivity index (χ1n) is 11.9. The molecular formula is C26H34N2O3S. The average Bonchev–Trinajstić information content (AvgIpc) is 3.09. The number of benzene rings is 2. The molecule has 0 unspecified atom stereocenters. The summed E-state index contributed by atoms with van der Waals surface area (Å²) >= 11 is 0. The van der Waals surface area contributed by atoms with Gasteiger partial charge in [0.1, 0.15) is 0 Å². The minimum atomic E-state index is -3.61. The molecule has 6 heteroatoms. The third kappa shape index (κ3) is 4.91. The molecule has 1 aliphatic heterocycles. The van der Waals surface area contributed by atoms with Gasteiger partial charge in [0.05, 0.1) is 10.9 Å². The summed E-state index contributed by atoms with van der Waals surface area (Å²) < 4.78 is 28.2. The van der Waals surface area contributed by atoms with Crippen LogP contribution in [0.2, 0.25) is 0 Å². The van der Waals surface area contributed by atoms with Crippen molar-refractivity contribution in [2.75, 3.05) is 13.1 Å². The van der Waals surface area contributed by atoms with Gasteiger partial charge in [0.2, 0.25) is 10.0 Å².